The van der Waals surface area contributed by atoms with E-state index < -0.39 is 0 Å². The Kier molecular flexibility index (Phi) is 2.87. The van der Waals surface area contributed by atoms with Crippen LogP contribution < -0.4 is 5.73 Å². The molecular weight excluding hydrogens is 261 g/mol. The molecule has 0 unspecified atom stereocenters. The first-order valence-electron chi connectivity index (χ1n) is 4.82. The largest absolute Gasteiger partial charge is 0.325 e. The van der Waals surface area contributed by atoms with Crippen LogP contribution in [0.2, 0.25) is 5.02 Å². The molecule has 0 radical (unpaired) electrons. The average molecular weight is 275 g/mol. The summed E-state index contributed by atoms with van der Waals surface area (Å²) in [6, 6.07) is 5.98. The van der Waals surface area contributed by atoms with E-state index in [9.17, 15) is 0 Å². The number of benzene rings is 1. The molecule has 3 heteroatoms. The molecule has 0 amide bonds. The van der Waals surface area contributed by atoms with Crippen LogP contribution in [-0.2, 0) is 6.42 Å². The summed E-state index contributed by atoms with van der Waals surface area (Å²) in [5, 5.41) is 0.782. The SMILES string of the molecule is NC1(CCc2cccc(Cl)c2Br)CC1. The van der Waals surface area contributed by atoms with E-state index in [1.54, 1.807) is 0 Å². The number of rotatable bonds is 3. The van der Waals surface area contributed by atoms with Crippen LogP contribution in [0.1, 0.15) is 24.8 Å². The Labute approximate surface area is 97.8 Å². The van der Waals surface area contributed by atoms with Gasteiger partial charge < -0.3 is 5.73 Å². The molecule has 1 fully saturated rings. The minimum absolute atomic E-state index is 0.127. The van der Waals surface area contributed by atoms with Gasteiger partial charge in [0.15, 0.2) is 0 Å². The molecule has 1 nitrogen and oxygen atoms in total. The maximum Gasteiger partial charge on any atom is 0.0550 e. The first kappa shape index (κ1) is 10.5. The monoisotopic (exact) mass is 273 g/mol. The Bertz CT molecular complexity index is 347. The predicted molar refractivity (Wildman–Crippen MR) is 63.6 cm³/mol. The van der Waals surface area contributed by atoms with Gasteiger partial charge in [0, 0.05) is 10.0 Å². The van der Waals surface area contributed by atoms with Crippen LogP contribution in [-0.4, -0.2) is 5.54 Å². The van der Waals surface area contributed by atoms with E-state index in [4.69, 9.17) is 17.3 Å². The highest BCUT2D eigenvalue weighted by atomic mass is 79.9. The zero-order valence-corrected chi connectivity index (χ0v) is 10.2. The summed E-state index contributed by atoms with van der Waals surface area (Å²) in [6.07, 6.45) is 4.42. The minimum atomic E-state index is 0.127. The number of aryl methyl sites for hydroxylation is 1. The maximum atomic E-state index is 6.03. The lowest BCUT2D eigenvalue weighted by Crippen LogP contribution is -2.22. The van der Waals surface area contributed by atoms with Crippen LogP contribution in [0, 0.1) is 0 Å². The quantitative estimate of drug-likeness (QED) is 0.896. The van der Waals surface area contributed by atoms with Gasteiger partial charge in [-0.2, -0.15) is 0 Å². The normalized spacial score (nSPS) is 18.2. The molecule has 0 saturated heterocycles. The van der Waals surface area contributed by atoms with Gasteiger partial charge in [0.05, 0.1) is 5.02 Å². The van der Waals surface area contributed by atoms with Gasteiger partial charge in [0.25, 0.3) is 0 Å². The third kappa shape index (κ3) is 2.30. The molecule has 0 aliphatic heterocycles. The highest BCUT2D eigenvalue weighted by Crippen LogP contribution is 2.37. The third-order valence-electron chi connectivity index (χ3n) is 2.82. The zero-order chi connectivity index (χ0) is 10.2. The number of hydrogen-bond donors (Lipinski definition) is 1. The fourth-order valence-corrected chi connectivity index (χ4v) is 2.19. The molecule has 14 heavy (non-hydrogen) atoms. The Morgan fingerprint density at radius 1 is 1.43 bits per heavy atom. The second kappa shape index (κ2) is 3.84. The summed E-state index contributed by atoms with van der Waals surface area (Å²) >= 11 is 9.50. The van der Waals surface area contributed by atoms with E-state index >= 15 is 0 Å². The van der Waals surface area contributed by atoms with Crippen molar-refractivity contribution in [3.63, 3.8) is 0 Å². The second-order valence-corrected chi connectivity index (χ2v) is 5.28. The van der Waals surface area contributed by atoms with Gasteiger partial charge in [0.2, 0.25) is 0 Å². The van der Waals surface area contributed by atoms with Gasteiger partial charge in [-0.3, -0.25) is 0 Å². The van der Waals surface area contributed by atoms with Crippen molar-refractivity contribution in [3.05, 3.63) is 33.3 Å². The van der Waals surface area contributed by atoms with Crippen LogP contribution in [0.5, 0.6) is 0 Å². The summed E-state index contributed by atoms with van der Waals surface area (Å²) in [5.74, 6) is 0. The first-order chi connectivity index (χ1) is 6.61. The zero-order valence-electron chi connectivity index (χ0n) is 7.89. The van der Waals surface area contributed by atoms with Crippen molar-refractivity contribution in [1.29, 1.82) is 0 Å². The van der Waals surface area contributed by atoms with Crippen LogP contribution in [0.3, 0.4) is 0 Å². The van der Waals surface area contributed by atoms with Crippen molar-refractivity contribution in [3.8, 4) is 0 Å². The third-order valence-corrected chi connectivity index (χ3v) is 4.30. The highest BCUT2D eigenvalue weighted by Gasteiger charge is 2.37. The van der Waals surface area contributed by atoms with Crippen LogP contribution in [0.15, 0.2) is 22.7 Å². The average Bonchev–Trinajstić information content (AvgIpc) is 2.88. The van der Waals surface area contributed by atoms with Crippen LogP contribution in [0.25, 0.3) is 0 Å². The molecule has 1 aliphatic rings. The fourth-order valence-electron chi connectivity index (χ4n) is 1.54. The van der Waals surface area contributed by atoms with Crippen LogP contribution >= 0.6 is 27.5 Å². The Morgan fingerprint density at radius 2 is 2.14 bits per heavy atom. The van der Waals surface area contributed by atoms with E-state index in [1.807, 2.05) is 12.1 Å². The number of hydrogen-bond acceptors (Lipinski definition) is 1. The fraction of sp³-hybridized carbons (Fsp3) is 0.455. The predicted octanol–water partition coefficient (Wildman–Crippen LogP) is 3.53. The lowest BCUT2D eigenvalue weighted by Gasteiger charge is -2.10. The molecule has 0 heterocycles. The lowest BCUT2D eigenvalue weighted by molar-refractivity contribution is 0.608. The van der Waals surface area contributed by atoms with Crippen molar-refractivity contribution in [1.82, 2.24) is 0 Å². The molecule has 1 aromatic carbocycles. The molecule has 2 N–H and O–H groups in total. The smallest absolute Gasteiger partial charge is 0.0550 e. The standard InChI is InChI=1S/C11H13BrClN/c12-10-8(2-1-3-9(10)13)4-5-11(14)6-7-11/h1-3H,4-7,14H2. The van der Waals surface area contributed by atoms with E-state index in [2.05, 4.69) is 22.0 Å². The van der Waals surface area contributed by atoms with Gasteiger partial charge in [-0.05, 0) is 53.2 Å². The summed E-state index contributed by atoms with van der Waals surface area (Å²) in [6.45, 7) is 0. The minimum Gasteiger partial charge on any atom is -0.325 e. The lowest BCUT2D eigenvalue weighted by atomic mass is 10.0. The molecule has 1 saturated carbocycles. The van der Waals surface area contributed by atoms with E-state index in [-0.39, 0.29) is 5.54 Å². The second-order valence-electron chi connectivity index (χ2n) is 4.08. The molecule has 0 aromatic heterocycles. The molecule has 0 atom stereocenters. The number of halogens is 2. The van der Waals surface area contributed by atoms with Gasteiger partial charge in [-0.1, -0.05) is 23.7 Å². The maximum absolute atomic E-state index is 6.03. The summed E-state index contributed by atoms with van der Waals surface area (Å²) in [4.78, 5) is 0. The summed E-state index contributed by atoms with van der Waals surface area (Å²) in [7, 11) is 0. The highest BCUT2D eigenvalue weighted by molar-refractivity contribution is 9.10. The van der Waals surface area contributed by atoms with Gasteiger partial charge in [-0.25, -0.2) is 0 Å². The molecule has 1 aliphatic carbocycles. The molecule has 0 spiro atoms. The molecule has 2 rings (SSSR count). The Morgan fingerprint density at radius 3 is 2.79 bits per heavy atom. The van der Waals surface area contributed by atoms with Crippen molar-refractivity contribution in [2.45, 2.75) is 31.2 Å². The van der Waals surface area contributed by atoms with E-state index in [1.165, 1.54) is 18.4 Å². The van der Waals surface area contributed by atoms with Gasteiger partial charge in [0.1, 0.15) is 0 Å². The van der Waals surface area contributed by atoms with Crippen molar-refractivity contribution in [2.75, 3.05) is 0 Å². The molecule has 76 valence electrons. The molecular formula is C11H13BrClN. The number of nitrogens with two attached hydrogens (primary N) is 1. The summed E-state index contributed by atoms with van der Waals surface area (Å²) < 4.78 is 1.02. The molecule has 1 aromatic rings. The van der Waals surface area contributed by atoms with E-state index in [0.29, 0.717) is 0 Å². The van der Waals surface area contributed by atoms with Crippen LogP contribution in [0.4, 0.5) is 0 Å². The summed E-state index contributed by atoms with van der Waals surface area (Å²) in [5.41, 5.74) is 7.42. The van der Waals surface area contributed by atoms with Crippen molar-refractivity contribution >= 4 is 27.5 Å². The van der Waals surface area contributed by atoms with Gasteiger partial charge in [-0.15, -0.1) is 0 Å². The van der Waals surface area contributed by atoms with E-state index in [0.717, 1.165) is 22.3 Å². The van der Waals surface area contributed by atoms with Crippen molar-refractivity contribution < 1.29 is 0 Å². The van der Waals surface area contributed by atoms with Crippen molar-refractivity contribution in [2.24, 2.45) is 5.73 Å². The first-order valence-corrected chi connectivity index (χ1v) is 6.00. The van der Waals surface area contributed by atoms with Gasteiger partial charge >= 0.3 is 0 Å². The Balaban J connectivity index is 2.05. The molecule has 0 bridgehead atoms. The Hall–Kier alpha value is -0.0500. The topological polar surface area (TPSA) is 26.0 Å².